The minimum absolute atomic E-state index is 0.0204. The molecular weight excluding hydrogens is 251 g/mol. The maximum atomic E-state index is 13.6. The van der Waals surface area contributed by atoms with Gasteiger partial charge in [0.2, 0.25) is 5.88 Å². The molecular formula is C13H13FN2O3. The number of aromatic nitrogens is 2. The lowest BCUT2D eigenvalue weighted by atomic mass is 10.1. The maximum Gasteiger partial charge on any atom is 0.262 e. The van der Waals surface area contributed by atoms with Crippen LogP contribution in [0.25, 0.3) is 11.1 Å². The van der Waals surface area contributed by atoms with E-state index >= 15 is 0 Å². The van der Waals surface area contributed by atoms with Crippen LogP contribution < -0.4 is 5.56 Å². The van der Waals surface area contributed by atoms with Crippen LogP contribution in [0.1, 0.15) is 5.82 Å². The second-order valence-corrected chi connectivity index (χ2v) is 3.93. The molecule has 19 heavy (non-hydrogen) atoms. The van der Waals surface area contributed by atoms with Crippen LogP contribution in [-0.2, 0) is 11.2 Å². The van der Waals surface area contributed by atoms with Gasteiger partial charge in [-0.15, -0.1) is 0 Å². The van der Waals surface area contributed by atoms with Gasteiger partial charge in [0.15, 0.2) is 0 Å². The lowest BCUT2D eigenvalue weighted by Crippen LogP contribution is -2.15. The number of ether oxygens (including phenoxy) is 1. The Morgan fingerprint density at radius 2 is 2.16 bits per heavy atom. The van der Waals surface area contributed by atoms with Gasteiger partial charge < -0.3 is 14.8 Å². The normalized spacial score (nSPS) is 10.6. The summed E-state index contributed by atoms with van der Waals surface area (Å²) in [5.74, 6) is -0.779. The number of aromatic amines is 1. The fraction of sp³-hybridized carbons (Fsp3) is 0.231. The summed E-state index contributed by atoms with van der Waals surface area (Å²) in [6.45, 7) is 0.363. The number of hydrogen-bond acceptors (Lipinski definition) is 4. The topological polar surface area (TPSA) is 75.2 Å². The van der Waals surface area contributed by atoms with Crippen molar-refractivity contribution in [2.24, 2.45) is 0 Å². The highest BCUT2D eigenvalue weighted by Gasteiger charge is 2.15. The summed E-state index contributed by atoms with van der Waals surface area (Å²) in [6.07, 6.45) is 0.358. The van der Waals surface area contributed by atoms with Gasteiger partial charge in [-0.1, -0.05) is 18.2 Å². The number of nitrogens with zero attached hydrogens (tertiary/aromatic N) is 1. The molecule has 1 aromatic heterocycles. The quantitative estimate of drug-likeness (QED) is 0.876. The predicted molar refractivity (Wildman–Crippen MR) is 67.5 cm³/mol. The van der Waals surface area contributed by atoms with Crippen molar-refractivity contribution in [2.75, 3.05) is 13.7 Å². The number of hydrogen-bond donors (Lipinski definition) is 2. The van der Waals surface area contributed by atoms with Gasteiger partial charge in [-0.3, -0.25) is 4.79 Å². The maximum absolute atomic E-state index is 13.6. The van der Waals surface area contributed by atoms with Crippen LogP contribution in [0.3, 0.4) is 0 Å². The van der Waals surface area contributed by atoms with Crippen LogP contribution in [0.2, 0.25) is 0 Å². The zero-order chi connectivity index (χ0) is 13.8. The molecule has 0 saturated carbocycles. The first-order chi connectivity index (χ1) is 9.13. The minimum Gasteiger partial charge on any atom is -0.493 e. The Kier molecular flexibility index (Phi) is 3.91. The van der Waals surface area contributed by atoms with Gasteiger partial charge in [0.1, 0.15) is 17.2 Å². The highest BCUT2D eigenvalue weighted by Crippen LogP contribution is 2.25. The third-order valence-corrected chi connectivity index (χ3v) is 2.64. The molecule has 0 unspecified atom stereocenters. The van der Waals surface area contributed by atoms with Crippen molar-refractivity contribution >= 4 is 0 Å². The molecule has 2 aromatic rings. The average molecular weight is 264 g/mol. The summed E-state index contributed by atoms with van der Waals surface area (Å²) < 4.78 is 18.5. The molecule has 0 amide bonds. The molecule has 0 fully saturated rings. The fourth-order valence-electron chi connectivity index (χ4n) is 1.73. The first kappa shape index (κ1) is 13.2. The van der Waals surface area contributed by atoms with Gasteiger partial charge in [0.05, 0.1) is 6.61 Å². The molecule has 5 nitrogen and oxygen atoms in total. The van der Waals surface area contributed by atoms with E-state index in [9.17, 15) is 14.3 Å². The number of halogens is 1. The van der Waals surface area contributed by atoms with E-state index in [2.05, 4.69) is 9.97 Å². The molecule has 0 saturated heterocycles. The molecule has 0 bridgehead atoms. The van der Waals surface area contributed by atoms with Crippen molar-refractivity contribution in [1.82, 2.24) is 9.97 Å². The molecule has 0 aliphatic carbocycles. The Morgan fingerprint density at radius 3 is 2.79 bits per heavy atom. The monoisotopic (exact) mass is 264 g/mol. The Morgan fingerprint density at radius 1 is 1.42 bits per heavy atom. The molecule has 0 aliphatic rings. The van der Waals surface area contributed by atoms with Crippen LogP contribution in [-0.4, -0.2) is 28.8 Å². The first-order valence-corrected chi connectivity index (χ1v) is 5.69. The lowest BCUT2D eigenvalue weighted by molar-refractivity contribution is 0.200. The number of rotatable bonds is 4. The molecule has 6 heteroatoms. The molecule has 1 heterocycles. The zero-order valence-corrected chi connectivity index (χ0v) is 10.3. The van der Waals surface area contributed by atoms with E-state index in [-0.39, 0.29) is 11.1 Å². The number of nitrogens with one attached hydrogen (secondary N) is 1. The fourth-order valence-corrected chi connectivity index (χ4v) is 1.73. The molecule has 2 N–H and O–H groups in total. The van der Waals surface area contributed by atoms with Crippen molar-refractivity contribution in [2.45, 2.75) is 6.42 Å². The summed E-state index contributed by atoms with van der Waals surface area (Å²) in [7, 11) is 1.52. The highest BCUT2D eigenvalue weighted by atomic mass is 19.1. The van der Waals surface area contributed by atoms with E-state index < -0.39 is 17.3 Å². The van der Waals surface area contributed by atoms with Crippen LogP contribution in [0.15, 0.2) is 29.1 Å². The van der Waals surface area contributed by atoms with Crippen LogP contribution >= 0.6 is 0 Å². The Hall–Kier alpha value is -2.21. The standard InChI is InChI=1S/C13H13FN2O3/c1-19-7-6-10-15-12(17)11(13(18)16-10)8-4-2-3-5-9(8)14/h2-5H,6-7H2,1H3,(H2,15,16,17,18). The van der Waals surface area contributed by atoms with Gasteiger partial charge in [-0.05, 0) is 6.07 Å². The van der Waals surface area contributed by atoms with Gasteiger partial charge in [-0.25, -0.2) is 4.39 Å². The van der Waals surface area contributed by atoms with Gasteiger partial charge in [0, 0.05) is 19.1 Å². The molecule has 0 radical (unpaired) electrons. The number of H-pyrrole nitrogens is 1. The van der Waals surface area contributed by atoms with E-state index in [0.29, 0.717) is 18.9 Å². The summed E-state index contributed by atoms with van der Waals surface area (Å²) >= 11 is 0. The van der Waals surface area contributed by atoms with Crippen molar-refractivity contribution in [3.63, 3.8) is 0 Å². The van der Waals surface area contributed by atoms with Gasteiger partial charge >= 0.3 is 0 Å². The highest BCUT2D eigenvalue weighted by molar-refractivity contribution is 5.67. The first-order valence-electron chi connectivity index (χ1n) is 5.69. The Labute approximate surface area is 108 Å². The average Bonchev–Trinajstić information content (AvgIpc) is 2.38. The second-order valence-electron chi connectivity index (χ2n) is 3.93. The molecule has 0 atom stereocenters. The molecule has 100 valence electrons. The molecule has 0 aliphatic heterocycles. The van der Waals surface area contributed by atoms with Crippen LogP contribution in [0.5, 0.6) is 5.88 Å². The summed E-state index contributed by atoms with van der Waals surface area (Å²) in [5.41, 5.74) is -0.727. The lowest BCUT2D eigenvalue weighted by Gasteiger charge is -2.06. The smallest absolute Gasteiger partial charge is 0.262 e. The van der Waals surface area contributed by atoms with Crippen molar-refractivity contribution in [1.29, 1.82) is 0 Å². The Bertz CT molecular complexity index is 640. The van der Waals surface area contributed by atoms with E-state index in [4.69, 9.17) is 4.74 Å². The third kappa shape index (κ3) is 2.79. The van der Waals surface area contributed by atoms with E-state index in [1.807, 2.05) is 0 Å². The van der Waals surface area contributed by atoms with E-state index in [1.165, 1.54) is 25.3 Å². The van der Waals surface area contributed by atoms with Crippen molar-refractivity contribution in [3.05, 3.63) is 46.3 Å². The largest absolute Gasteiger partial charge is 0.493 e. The number of aromatic hydroxyl groups is 1. The third-order valence-electron chi connectivity index (χ3n) is 2.64. The summed E-state index contributed by atoms with van der Waals surface area (Å²) in [4.78, 5) is 18.3. The molecule has 0 spiro atoms. The number of methoxy groups -OCH3 is 1. The second kappa shape index (κ2) is 5.62. The van der Waals surface area contributed by atoms with Crippen LogP contribution in [0.4, 0.5) is 4.39 Å². The van der Waals surface area contributed by atoms with Crippen molar-refractivity contribution < 1.29 is 14.2 Å². The molecule has 2 rings (SSSR count). The van der Waals surface area contributed by atoms with E-state index in [1.54, 1.807) is 6.07 Å². The van der Waals surface area contributed by atoms with Gasteiger partial charge in [-0.2, -0.15) is 4.98 Å². The number of benzene rings is 1. The molecule has 1 aromatic carbocycles. The van der Waals surface area contributed by atoms with E-state index in [0.717, 1.165) is 0 Å². The van der Waals surface area contributed by atoms with Crippen LogP contribution in [0, 0.1) is 5.82 Å². The SMILES string of the molecule is COCCc1nc(O)c(-c2ccccc2F)c(=O)[nH]1. The predicted octanol–water partition coefficient (Wildman–Crippen LogP) is 1.47. The van der Waals surface area contributed by atoms with Crippen molar-refractivity contribution in [3.8, 4) is 17.0 Å². The van der Waals surface area contributed by atoms with Gasteiger partial charge in [0.25, 0.3) is 5.56 Å². The minimum atomic E-state index is -0.588. The zero-order valence-electron chi connectivity index (χ0n) is 10.3. The summed E-state index contributed by atoms with van der Waals surface area (Å²) in [6, 6.07) is 5.71. The Balaban J connectivity index is 2.49. The summed E-state index contributed by atoms with van der Waals surface area (Å²) in [5, 5.41) is 9.81.